The second kappa shape index (κ2) is 4.64. The van der Waals surface area contributed by atoms with E-state index in [0.29, 0.717) is 0 Å². The molecule has 6 nitrogen and oxygen atoms in total. The molecule has 0 fully saturated rings. The SMILES string of the molecule is O=C([O-])COC(CO)C(=O)[O-]. The third kappa shape index (κ3) is 4.29. The first-order chi connectivity index (χ1) is 5.07. The number of carbonyl (C=O) groups excluding carboxylic acids is 2. The molecule has 1 N–H and O–H groups in total. The molecule has 0 aliphatic carbocycles. The predicted octanol–water partition coefficient (Wildman–Crippen LogP) is -4.14. The second-order valence-corrected chi connectivity index (χ2v) is 1.67. The fourth-order valence-electron chi connectivity index (χ4n) is 0.364. The molecule has 0 aromatic heterocycles. The Morgan fingerprint density at radius 2 is 2.00 bits per heavy atom. The molecule has 0 rings (SSSR count). The van der Waals surface area contributed by atoms with Gasteiger partial charge >= 0.3 is 0 Å². The van der Waals surface area contributed by atoms with Crippen molar-refractivity contribution in [2.45, 2.75) is 6.10 Å². The first-order valence-corrected chi connectivity index (χ1v) is 2.71. The Kier molecular flexibility index (Phi) is 4.16. The molecule has 1 atom stereocenters. The molecule has 0 heterocycles. The lowest BCUT2D eigenvalue weighted by molar-refractivity contribution is -0.323. The fourth-order valence-corrected chi connectivity index (χ4v) is 0.364. The first-order valence-electron chi connectivity index (χ1n) is 2.71. The van der Waals surface area contributed by atoms with E-state index in [-0.39, 0.29) is 0 Å². The van der Waals surface area contributed by atoms with Gasteiger partial charge < -0.3 is 29.6 Å². The number of aliphatic hydroxyl groups is 1. The van der Waals surface area contributed by atoms with Crippen LogP contribution < -0.4 is 10.2 Å². The summed E-state index contributed by atoms with van der Waals surface area (Å²) >= 11 is 0. The molecule has 0 aromatic rings. The highest BCUT2D eigenvalue weighted by molar-refractivity contribution is 5.71. The van der Waals surface area contributed by atoms with Crippen molar-refractivity contribution in [1.82, 2.24) is 0 Å². The van der Waals surface area contributed by atoms with E-state index < -0.39 is 31.3 Å². The van der Waals surface area contributed by atoms with Gasteiger partial charge in [0.25, 0.3) is 0 Å². The van der Waals surface area contributed by atoms with Crippen molar-refractivity contribution in [3.8, 4) is 0 Å². The molecule has 0 aromatic carbocycles. The largest absolute Gasteiger partial charge is 0.548 e. The van der Waals surface area contributed by atoms with Crippen LogP contribution >= 0.6 is 0 Å². The quantitative estimate of drug-likeness (QED) is 0.439. The van der Waals surface area contributed by atoms with E-state index in [0.717, 1.165) is 0 Å². The fraction of sp³-hybridized carbons (Fsp3) is 0.600. The van der Waals surface area contributed by atoms with Crippen molar-refractivity contribution in [3.63, 3.8) is 0 Å². The van der Waals surface area contributed by atoms with Crippen LogP contribution in [0.15, 0.2) is 0 Å². The van der Waals surface area contributed by atoms with Crippen molar-refractivity contribution < 1.29 is 29.6 Å². The molecule has 64 valence electrons. The molecule has 0 aliphatic rings. The van der Waals surface area contributed by atoms with E-state index in [1.807, 2.05) is 0 Å². The zero-order valence-corrected chi connectivity index (χ0v) is 5.48. The summed E-state index contributed by atoms with van der Waals surface area (Å²) in [6.45, 7) is -1.70. The maximum atomic E-state index is 9.93. The number of carboxylic acids is 2. The smallest absolute Gasteiger partial charge is 0.120 e. The average molecular weight is 162 g/mol. The van der Waals surface area contributed by atoms with Crippen LogP contribution in [0.25, 0.3) is 0 Å². The predicted molar refractivity (Wildman–Crippen MR) is 26.8 cm³/mol. The van der Waals surface area contributed by atoms with Gasteiger partial charge in [-0.1, -0.05) is 0 Å². The number of aliphatic hydroxyl groups excluding tert-OH is 1. The normalized spacial score (nSPS) is 12.5. The van der Waals surface area contributed by atoms with E-state index in [2.05, 4.69) is 4.74 Å². The Balaban J connectivity index is 3.70. The summed E-state index contributed by atoms with van der Waals surface area (Å²) in [5.74, 6) is -3.21. The summed E-state index contributed by atoms with van der Waals surface area (Å²) in [6, 6.07) is 0. The molecule has 0 saturated heterocycles. The van der Waals surface area contributed by atoms with Crippen molar-refractivity contribution in [2.75, 3.05) is 13.2 Å². The Morgan fingerprint density at radius 1 is 1.45 bits per heavy atom. The third-order valence-corrected chi connectivity index (χ3v) is 0.831. The number of hydrogen-bond donors (Lipinski definition) is 1. The van der Waals surface area contributed by atoms with Gasteiger partial charge in [-0.2, -0.15) is 0 Å². The zero-order valence-electron chi connectivity index (χ0n) is 5.48. The summed E-state index contributed by atoms with van der Waals surface area (Å²) in [7, 11) is 0. The second-order valence-electron chi connectivity index (χ2n) is 1.67. The number of carbonyl (C=O) groups is 2. The molecule has 0 amide bonds. The highest BCUT2D eigenvalue weighted by atomic mass is 16.5. The number of hydrogen-bond acceptors (Lipinski definition) is 6. The lowest BCUT2D eigenvalue weighted by Gasteiger charge is -2.15. The Bertz CT molecular complexity index is 153. The molecule has 0 radical (unpaired) electrons. The molecule has 11 heavy (non-hydrogen) atoms. The van der Waals surface area contributed by atoms with E-state index in [1.54, 1.807) is 0 Å². The Hall–Kier alpha value is -1.14. The molecule has 0 spiro atoms. The molecule has 0 saturated carbocycles. The first kappa shape index (κ1) is 9.86. The van der Waals surface area contributed by atoms with Crippen molar-refractivity contribution in [2.24, 2.45) is 0 Å². The minimum Gasteiger partial charge on any atom is -0.548 e. The van der Waals surface area contributed by atoms with Gasteiger partial charge in [-0.05, 0) is 0 Å². The van der Waals surface area contributed by atoms with Crippen molar-refractivity contribution in [1.29, 1.82) is 0 Å². The monoisotopic (exact) mass is 162 g/mol. The maximum Gasteiger partial charge on any atom is 0.120 e. The third-order valence-electron chi connectivity index (χ3n) is 0.831. The van der Waals surface area contributed by atoms with E-state index >= 15 is 0 Å². The standard InChI is InChI=1S/C5H8O6/c6-1-3(5(9)10)11-2-4(7)8/h3,6H,1-2H2,(H,7,8)(H,9,10)/p-2. The van der Waals surface area contributed by atoms with E-state index in [1.165, 1.54) is 0 Å². The summed E-state index contributed by atoms with van der Waals surface area (Å²) < 4.78 is 4.14. The number of ether oxygens (including phenoxy) is 1. The van der Waals surface area contributed by atoms with Gasteiger partial charge in [-0.25, -0.2) is 0 Å². The lowest BCUT2D eigenvalue weighted by Crippen LogP contribution is -2.42. The van der Waals surface area contributed by atoms with Crippen LogP contribution in [0, 0.1) is 0 Å². The minimum absolute atomic E-state index is 0.824. The van der Waals surface area contributed by atoms with E-state index in [9.17, 15) is 19.8 Å². The van der Waals surface area contributed by atoms with Gasteiger partial charge in [0.05, 0.1) is 25.2 Å². The Morgan fingerprint density at radius 3 is 2.27 bits per heavy atom. The van der Waals surface area contributed by atoms with Crippen molar-refractivity contribution in [3.05, 3.63) is 0 Å². The average Bonchev–Trinajstić information content (AvgIpc) is 1.87. The number of aliphatic carboxylic acids is 2. The molecule has 0 bridgehead atoms. The van der Waals surface area contributed by atoms with Crippen molar-refractivity contribution >= 4 is 11.9 Å². The van der Waals surface area contributed by atoms with Crippen LogP contribution in [-0.4, -0.2) is 36.4 Å². The van der Waals surface area contributed by atoms with Crippen LogP contribution in [0.1, 0.15) is 0 Å². The van der Waals surface area contributed by atoms with Gasteiger partial charge in [0.15, 0.2) is 0 Å². The van der Waals surface area contributed by atoms with Crippen LogP contribution in [0.2, 0.25) is 0 Å². The molecule has 1 unspecified atom stereocenters. The number of rotatable bonds is 5. The van der Waals surface area contributed by atoms with Crippen LogP contribution in [0.4, 0.5) is 0 Å². The minimum atomic E-state index is -1.66. The maximum absolute atomic E-state index is 9.93. The summed E-state index contributed by atoms with van der Waals surface area (Å²) in [4.78, 5) is 19.6. The van der Waals surface area contributed by atoms with Crippen LogP contribution in [0.5, 0.6) is 0 Å². The molecular weight excluding hydrogens is 156 g/mol. The van der Waals surface area contributed by atoms with Gasteiger partial charge in [-0.3, -0.25) is 0 Å². The van der Waals surface area contributed by atoms with Gasteiger partial charge in [0, 0.05) is 0 Å². The topological polar surface area (TPSA) is 110 Å². The van der Waals surface area contributed by atoms with Gasteiger partial charge in [0.1, 0.15) is 6.10 Å². The lowest BCUT2D eigenvalue weighted by atomic mass is 10.4. The number of carboxylic acid groups (broad SMARTS) is 2. The molecule has 0 aliphatic heterocycles. The molecule has 6 heteroatoms. The zero-order chi connectivity index (χ0) is 8.85. The molecular formula is C5H6O6-2. The summed E-state index contributed by atoms with van der Waals surface area (Å²) in [6.07, 6.45) is -1.60. The van der Waals surface area contributed by atoms with E-state index in [4.69, 9.17) is 5.11 Å². The summed E-state index contributed by atoms with van der Waals surface area (Å²) in [5.41, 5.74) is 0. The van der Waals surface area contributed by atoms with Gasteiger partial charge in [-0.15, -0.1) is 0 Å². The highest BCUT2D eigenvalue weighted by Crippen LogP contribution is 1.87. The summed E-state index contributed by atoms with van der Waals surface area (Å²) in [5, 5.41) is 27.9. The Labute approximate surface area is 62.0 Å². The van der Waals surface area contributed by atoms with Crippen LogP contribution in [-0.2, 0) is 14.3 Å². The highest BCUT2D eigenvalue weighted by Gasteiger charge is 2.07. The van der Waals surface area contributed by atoms with Crippen LogP contribution in [0.3, 0.4) is 0 Å². The van der Waals surface area contributed by atoms with Gasteiger partial charge in [0.2, 0.25) is 0 Å².